The average molecular weight is 289 g/mol. The molecule has 0 unspecified atom stereocenters. The molecule has 1 N–H and O–H groups in total. The summed E-state index contributed by atoms with van der Waals surface area (Å²) in [6.07, 6.45) is 0. The second kappa shape index (κ2) is 4.04. The van der Waals surface area contributed by atoms with Crippen LogP contribution in [0, 0.1) is 0 Å². The van der Waals surface area contributed by atoms with Crippen LogP contribution in [-0.2, 0) is 10.8 Å². The van der Waals surface area contributed by atoms with E-state index in [1.165, 1.54) is 38.9 Å². The van der Waals surface area contributed by atoms with Crippen molar-refractivity contribution < 1.29 is 0 Å². The average Bonchev–Trinajstić information content (AvgIpc) is 2.93. The lowest BCUT2D eigenvalue weighted by Gasteiger charge is -2.25. The Kier molecular flexibility index (Phi) is 2.50. The standard InChI is InChI=1S/C21H23N/c1-20(2,3)13-10-11-14-16(12-13)21(4,5)18-15-8-6-7-9-17(15)22-19(14)18/h6-12,22H,1-5H3. The molecule has 1 aliphatic carbocycles. The highest BCUT2D eigenvalue weighted by Gasteiger charge is 2.39. The van der Waals surface area contributed by atoms with Gasteiger partial charge in [0.15, 0.2) is 0 Å². The Hall–Kier alpha value is -2.02. The molecule has 0 amide bonds. The third kappa shape index (κ3) is 1.65. The number of H-pyrrole nitrogens is 1. The molecule has 4 rings (SSSR count). The second-order valence-corrected chi connectivity index (χ2v) is 8.06. The Morgan fingerprint density at radius 2 is 1.68 bits per heavy atom. The molecule has 0 spiro atoms. The lowest BCUT2D eigenvalue weighted by atomic mass is 9.78. The first-order valence-corrected chi connectivity index (χ1v) is 8.07. The molecule has 2 aromatic carbocycles. The minimum Gasteiger partial charge on any atom is -0.354 e. The summed E-state index contributed by atoms with van der Waals surface area (Å²) < 4.78 is 0. The van der Waals surface area contributed by atoms with Crippen LogP contribution in [0.15, 0.2) is 42.5 Å². The zero-order chi connectivity index (χ0) is 15.7. The topological polar surface area (TPSA) is 15.8 Å². The van der Waals surface area contributed by atoms with Crippen LogP contribution in [-0.4, -0.2) is 4.98 Å². The van der Waals surface area contributed by atoms with Gasteiger partial charge in [0, 0.05) is 21.9 Å². The van der Waals surface area contributed by atoms with Crippen LogP contribution in [0.1, 0.15) is 51.3 Å². The van der Waals surface area contributed by atoms with E-state index in [1.807, 2.05) is 0 Å². The van der Waals surface area contributed by atoms with Gasteiger partial charge in [-0.2, -0.15) is 0 Å². The van der Waals surface area contributed by atoms with Gasteiger partial charge in [0.1, 0.15) is 0 Å². The molecule has 22 heavy (non-hydrogen) atoms. The van der Waals surface area contributed by atoms with E-state index in [-0.39, 0.29) is 10.8 Å². The third-order valence-electron chi connectivity index (χ3n) is 5.16. The molecule has 0 saturated heterocycles. The monoisotopic (exact) mass is 289 g/mol. The van der Waals surface area contributed by atoms with Crippen LogP contribution in [0.4, 0.5) is 0 Å². The summed E-state index contributed by atoms with van der Waals surface area (Å²) in [7, 11) is 0. The molecule has 0 aliphatic heterocycles. The first-order chi connectivity index (χ1) is 10.3. The molecule has 1 aromatic heterocycles. The number of para-hydroxylation sites is 1. The van der Waals surface area contributed by atoms with Crippen molar-refractivity contribution in [3.8, 4) is 11.3 Å². The summed E-state index contributed by atoms with van der Waals surface area (Å²) in [5.74, 6) is 0. The van der Waals surface area contributed by atoms with Gasteiger partial charge < -0.3 is 4.98 Å². The number of aromatic nitrogens is 1. The van der Waals surface area contributed by atoms with E-state index in [4.69, 9.17) is 0 Å². The van der Waals surface area contributed by atoms with Gasteiger partial charge >= 0.3 is 0 Å². The predicted octanol–water partition coefficient (Wildman–Crippen LogP) is 5.77. The van der Waals surface area contributed by atoms with Crippen LogP contribution < -0.4 is 0 Å². The van der Waals surface area contributed by atoms with Crippen LogP contribution in [0.25, 0.3) is 22.2 Å². The highest BCUT2D eigenvalue weighted by Crippen LogP contribution is 2.51. The minimum atomic E-state index is 0.0472. The van der Waals surface area contributed by atoms with E-state index in [9.17, 15) is 0 Å². The SMILES string of the molecule is CC(C)(C)c1ccc2c(c1)C(C)(C)c1c-2[nH]c2ccccc12. The molecule has 0 fully saturated rings. The second-order valence-electron chi connectivity index (χ2n) is 8.06. The van der Waals surface area contributed by atoms with Crippen molar-refractivity contribution in [2.75, 3.05) is 0 Å². The van der Waals surface area contributed by atoms with E-state index in [1.54, 1.807) is 0 Å². The first-order valence-electron chi connectivity index (χ1n) is 8.07. The number of nitrogens with one attached hydrogen (secondary N) is 1. The third-order valence-corrected chi connectivity index (χ3v) is 5.16. The Morgan fingerprint density at radius 3 is 2.41 bits per heavy atom. The van der Waals surface area contributed by atoms with Gasteiger partial charge in [0.2, 0.25) is 0 Å². The lowest BCUT2D eigenvalue weighted by molar-refractivity contribution is 0.585. The minimum absolute atomic E-state index is 0.0472. The Morgan fingerprint density at radius 1 is 0.955 bits per heavy atom. The number of hydrogen-bond donors (Lipinski definition) is 1. The van der Waals surface area contributed by atoms with Gasteiger partial charge in [-0.1, -0.05) is 71.0 Å². The van der Waals surface area contributed by atoms with Crippen LogP contribution in [0.3, 0.4) is 0 Å². The molecule has 0 radical (unpaired) electrons. The summed E-state index contributed by atoms with van der Waals surface area (Å²) in [5.41, 5.74) is 8.46. The molecule has 1 heterocycles. The van der Waals surface area contributed by atoms with Crippen molar-refractivity contribution in [1.29, 1.82) is 0 Å². The number of rotatable bonds is 0. The van der Waals surface area contributed by atoms with Crippen molar-refractivity contribution in [3.63, 3.8) is 0 Å². The van der Waals surface area contributed by atoms with Gasteiger partial charge in [-0.15, -0.1) is 0 Å². The maximum absolute atomic E-state index is 3.65. The molecule has 0 bridgehead atoms. The zero-order valence-corrected chi connectivity index (χ0v) is 14.0. The number of fused-ring (bicyclic) bond motifs is 5. The van der Waals surface area contributed by atoms with E-state index >= 15 is 0 Å². The lowest BCUT2D eigenvalue weighted by Crippen LogP contribution is -2.17. The smallest absolute Gasteiger partial charge is 0.0509 e. The summed E-state index contributed by atoms with van der Waals surface area (Å²) in [4.78, 5) is 3.65. The van der Waals surface area contributed by atoms with Crippen molar-refractivity contribution in [3.05, 3.63) is 59.2 Å². The highest BCUT2D eigenvalue weighted by atomic mass is 14.7. The molecule has 0 atom stereocenters. The molecule has 1 nitrogen and oxygen atoms in total. The fourth-order valence-electron chi connectivity index (χ4n) is 3.87. The molecule has 1 aliphatic rings. The largest absolute Gasteiger partial charge is 0.354 e. The predicted molar refractivity (Wildman–Crippen MR) is 94.6 cm³/mol. The van der Waals surface area contributed by atoms with Crippen molar-refractivity contribution >= 4 is 10.9 Å². The van der Waals surface area contributed by atoms with Gasteiger partial charge in [0.25, 0.3) is 0 Å². The fraction of sp³-hybridized carbons (Fsp3) is 0.333. The van der Waals surface area contributed by atoms with Crippen LogP contribution in [0.5, 0.6) is 0 Å². The number of aromatic amines is 1. The van der Waals surface area contributed by atoms with Crippen molar-refractivity contribution in [2.24, 2.45) is 0 Å². The zero-order valence-electron chi connectivity index (χ0n) is 14.0. The quantitative estimate of drug-likeness (QED) is 0.540. The van der Waals surface area contributed by atoms with E-state index in [0.29, 0.717) is 0 Å². The van der Waals surface area contributed by atoms with Crippen LogP contribution in [0.2, 0.25) is 0 Å². The molecule has 112 valence electrons. The first kappa shape index (κ1) is 13.6. The molecule has 3 aromatic rings. The van der Waals surface area contributed by atoms with Crippen LogP contribution >= 0.6 is 0 Å². The van der Waals surface area contributed by atoms with Gasteiger partial charge in [-0.25, -0.2) is 0 Å². The van der Waals surface area contributed by atoms with E-state index in [0.717, 1.165) is 0 Å². The summed E-state index contributed by atoms with van der Waals surface area (Å²) in [6.45, 7) is 11.6. The Balaban J connectivity index is 2.04. The maximum Gasteiger partial charge on any atom is 0.0509 e. The molecular weight excluding hydrogens is 266 g/mol. The summed E-state index contributed by atoms with van der Waals surface area (Å²) >= 11 is 0. The number of hydrogen-bond acceptors (Lipinski definition) is 0. The molecule has 1 heteroatoms. The van der Waals surface area contributed by atoms with Crippen molar-refractivity contribution in [2.45, 2.75) is 45.4 Å². The van der Waals surface area contributed by atoms with Gasteiger partial charge in [-0.3, -0.25) is 0 Å². The van der Waals surface area contributed by atoms with E-state index in [2.05, 4.69) is 82.1 Å². The normalized spacial score (nSPS) is 15.9. The number of benzene rings is 2. The molecular formula is C21H23N. The van der Waals surface area contributed by atoms with Gasteiger partial charge in [-0.05, 0) is 28.2 Å². The van der Waals surface area contributed by atoms with Gasteiger partial charge in [0.05, 0.1) is 5.69 Å². The maximum atomic E-state index is 3.65. The van der Waals surface area contributed by atoms with E-state index < -0.39 is 0 Å². The Bertz CT molecular complexity index is 888. The van der Waals surface area contributed by atoms with Crippen molar-refractivity contribution in [1.82, 2.24) is 4.98 Å². The Labute approximate surface area is 132 Å². The molecule has 0 saturated carbocycles. The fourth-order valence-corrected chi connectivity index (χ4v) is 3.87. The summed E-state index contributed by atoms with van der Waals surface area (Å²) in [6, 6.07) is 15.7. The summed E-state index contributed by atoms with van der Waals surface area (Å²) in [5, 5.41) is 1.36. The highest BCUT2D eigenvalue weighted by molar-refractivity contribution is 5.96.